The second-order valence-electron chi connectivity index (χ2n) is 9.39. The van der Waals surface area contributed by atoms with E-state index in [9.17, 15) is 19.2 Å². The van der Waals surface area contributed by atoms with Crippen LogP contribution < -0.4 is 10.6 Å². The molecule has 2 aromatic carbocycles. The molecule has 11 heteroatoms. The number of carbonyl (C=O) groups is 4. The van der Waals surface area contributed by atoms with Gasteiger partial charge in [0.2, 0.25) is 5.96 Å². The van der Waals surface area contributed by atoms with Crippen LogP contribution in [0.15, 0.2) is 65.7 Å². The smallest absolute Gasteiger partial charge is 0.415 e. The molecule has 1 aliphatic heterocycles. The molecule has 0 bridgehead atoms. The molecular weight excluding hydrogens is 478 g/mol. The zero-order valence-electron chi connectivity index (χ0n) is 21.3. The largest absolute Gasteiger partial charge is 0.444 e. The first-order valence-electron chi connectivity index (χ1n) is 11.7. The van der Waals surface area contributed by atoms with E-state index in [1.54, 1.807) is 49.9 Å². The van der Waals surface area contributed by atoms with Crippen molar-refractivity contribution in [1.82, 2.24) is 20.4 Å². The lowest BCUT2D eigenvalue weighted by Gasteiger charge is -2.38. The number of ether oxygens (including phenoxy) is 2. The van der Waals surface area contributed by atoms with Crippen molar-refractivity contribution in [3.63, 3.8) is 0 Å². The van der Waals surface area contributed by atoms with E-state index < -0.39 is 35.8 Å². The summed E-state index contributed by atoms with van der Waals surface area (Å²) in [6.07, 6.45) is -1.64. The van der Waals surface area contributed by atoms with Crippen LogP contribution in [0.4, 0.5) is 14.4 Å². The fourth-order valence-corrected chi connectivity index (χ4v) is 3.42. The van der Waals surface area contributed by atoms with Crippen molar-refractivity contribution in [2.24, 2.45) is 4.99 Å². The van der Waals surface area contributed by atoms with E-state index in [0.29, 0.717) is 0 Å². The number of nitrogens with zero attached hydrogens (tertiary/aromatic N) is 3. The van der Waals surface area contributed by atoms with Crippen LogP contribution in [-0.4, -0.2) is 65.1 Å². The van der Waals surface area contributed by atoms with Crippen LogP contribution in [0, 0.1) is 0 Å². The number of aliphatic imine (C=N–C) groups is 1. The predicted molar refractivity (Wildman–Crippen MR) is 135 cm³/mol. The van der Waals surface area contributed by atoms with Crippen LogP contribution in [0.2, 0.25) is 0 Å². The van der Waals surface area contributed by atoms with Crippen molar-refractivity contribution in [3.8, 4) is 0 Å². The number of nitrogens with one attached hydrogen (secondary N) is 2. The fraction of sp³-hybridized carbons (Fsp3) is 0.346. The number of guanidine groups is 1. The van der Waals surface area contributed by atoms with Crippen LogP contribution in [0.1, 0.15) is 31.9 Å². The highest BCUT2D eigenvalue weighted by Gasteiger charge is 2.37. The molecule has 196 valence electrons. The van der Waals surface area contributed by atoms with Gasteiger partial charge in [0.15, 0.2) is 0 Å². The highest BCUT2D eigenvalue weighted by molar-refractivity contribution is 6.07. The zero-order valence-corrected chi connectivity index (χ0v) is 21.3. The molecule has 1 heterocycles. The highest BCUT2D eigenvalue weighted by atomic mass is 16.6. The summed E-state index contributed by atoms with van der Waals surface area (Å²) >= 11 is 0. The van der Waals surface area contributed by atoms with E-state index >= 15 is 0 Å². The number of urea groups is 1. The lowest BCUT2D eigenvalue weighted by molar-refractivity contribution is -0.126. The Hall–Kier alpha value is -4.41. The van der Waals surface area contributed by atoms with Crippen molar-refractivity contribution in [2.75, 3.05) is 13.6 Å². The molecule has 0 aliphatic carbocycles. The molecule has 1 atom stereocenters. The Balaban J connectivity index is 1.72. The maximum absolute atomic E-state index is 12.9. The van der Waals surface area contributed by atoms with Crippen LogP contribution >= 0.6 is 0 Å². The predicted octanol–water partition coefficient (Wildman–Crippen LogP) is 3.26. The number of hydrogen-bond donors (Lipinski definition) is 2. The molecule has 5 amide bonds. The van der Waals surface area contributed by atoms with Gasteiger partial charge in [-0.2, -0.15) is 4.99 Å². The minimum absolute atomic E-state index is 0.0218. The fourth-order valence-electron chi connectivity index (χ4n) is 3.42. The highest BCUT2D eigenvalue weighted by Crippen LogP contribution is 2.16. The third kappa shape index (κ3) is 8.34. The molecule has 2 aromatic rings. The van der Waals surface area contributed by atoms with E-state index in [-0.39, 0.29) is 25.7 Å². The molecule has 0 radical (unpaired) electrons. The SMILES string of the molecule is CN(C(=O)OC(C)(C)C)C1CN(Cc2ccccc2)/C(=N/C(=O)NC(=O)OCc2ccccc2)NC1=O. The molecular formula is C26H31N5O6. The van der Waals surface area contributed by atoms with Crippen molar-refractivity contribution in [1.29, 1.82) is 0 Å². The number of likely N-dealkylation sites (N-methyl/N-ethyl adjacent to an activating group) is 1. The van der Waals surface area contributed by atoms with Crippen molar-refractivity contribution >= 4 is 30.1 Å². The van der Waals surface area contributed by atoms with Gasteiger partial charge < -0.3 is 14.4 Å². The number of hydrogen-bond acceptors (Lipinski definition) is 6. The summed E-state index contributed by atoms with van der Waals surface area (Å²) in [4.78, 5) is 56.7. The van der Waals surface area contributed by atoms with Gasteiger partial charge >= 0.3 is 18.2 Å². The van der Waals surface area contributed by atoms with E-state index in [2.05, 4.69) is 10.3 Å². The lowest BCUT2D eigenvalue weighted by Crippen LogP contribution is -2.63. The number of rotatable bonds is 5. The molecule has 1 saturated heterocycles. The van der Waals surface area contributed by atoms with Crippen molar-refractivity contribution in [2.45, 2.75) is 45.6 Å². The summed E-state index contributed by atoms with van der Waals surface area (Å²) in [5.41, 5.74) is 0.901. The van der Waals surface area contributed by atoms with Crippen molar-refractivity contribution < 1.29 is 28.7 Å². The summed E-state index contributed by atoms with van der Waals surface area (Å²) in [7, 11) is 1.47. The number of amides is 5. The summed E-state index contributed by atoms with van der Waals surface area (Å²) in [6.45, 7) is 5.50. The monoisotopic (exact) mass is 509 g/mol. The molecule has 11 nitrogen and oxygen atoms in total. The molecule has 1 fully saturated rings. The van der Waals surface area contributed by atoms with Gasteiger partial charge in [-0.25, -0.2) is 19.7 Å². The molecule has 1 unspecified atom stereocenters. The van der Waals surface area contributed by atoms with Crippen molar-refractivity contribution in [3.05, 3.63) is 71.8 Å². The van der Waals surface area contributed by atoms with Crippen LogP contribution in [0.5, 0.6) is 0 Å². The number of benzene rings is 2. The Kier molecular flexibility index (Phi) is 8.83. The van der Waals surface area contributed by atoms with Gasteiger partial charge in [0.05, 0.1) is 6.54 Å². The summed E-state index contributed by atoms with van der Waals surface area (Å²) in [6, 6.07) is 16.4. The molecule has 0 spiro atoms. The Bertz CT molecular complexity index is 1150. The first-order valence-corrected chi connectivity index (χ1v) is 11.7. The first-order chi connectivity index (χ1) is 17.5. The topological polar surface area (TPSA) is 130 Å². The van der Waals surface area contributed by atoms with E-state index in [1.165, 1.54) is 11.9 Å². The minimum Gasteiger partial charge on any atom is -0.444 e. The number of carbonyl (C=O) groups excluding carboxylic acids is 4. The van der Waals surface area contributed by atoms with Gasteiger partial charge in [0, 0.05) is 13.6 Å². The summed E-state index contributed by atoms with van der Waals surface area (Å²) < 4.78 is 10.4. The third-order valence-corrected chi connectivity index (χ3v) is 5.22. The van der Waals surface area contributed by atoms with E-state index in [1.807, 2.05) is 41.7 Å². The zero-order chi connectivity index (χ0) is 27.0. The standard InChI is InChI=1S/C26H31N5O6/c1-26(2,3)37-25(35)30(4)20-16-31(15-18-11-7-5-8-12-18)22(27-21(20)32)28-23(33)29-24(34)36-17-19-13-9-6-10-14-19/h5-14,20H,15-17H2,1-4H3,(H2,27,28,29,32,33,34). The van der Waals surface area contributed by atoms with E-state index in [0.717, 1.165) is 11.1 Å². The Morgan fingerprint density at radius 2 is 1.65 bits per heavy atom. The maximum Gasteiger partial charge on any atom is 0.415 e. The molecule has 3 rings (SSSR count). The van der Waals surface area contributed by atoms with Crippen LogP contribution in [0.25, 0.3) is 0 Å². The third-order valence-electron chi connectivity index (χ3n) is 5.22. The first kappa shape index (κ1) is 27.2. The van der Waals surface area contributed by atoms with Gasteiger partial charge in [0.1, 0.15) is 18.2 Å². The van der Waals surface area contributed by atoms with Crippen LogP contribution in [-0.2, 0) is 27.4 Å². The molecule has 37 heavy (non-hydrogen) atoms. The van der Waals surface area contributed by atoms with Gasteiger partial charge in [-0.3, -0.25) is 15.0 Å². The molecule has 0 aromatic heterocycles. The Morgan fingerprint density at radius 1 is 1.05 bits per heavy atom. The maximum atomic E-state index is 12.9. The number of alkyl carbamates (subject to hydrolysis) is 1. The second kappa shape index (κ2) is 12.0. The Labute approximate surface area is 215 Å². The Morgan fingerprint density at radius 3 is 2.24 bits per heavy atom. The number of imide groups is 1. The van der Waals surface area contributed by atoms with E-state index in [4.69, 9.17) is 9.47 Å². The summed E-state index contributed by atoms with van der Waals surface area (Å²) in [5, 5.41) is 4.60. The normalized spacial score (nSPS) is 16.5. The quantitative estimate of drug-likeness (QED) is 0.633. The molecule has 2 N–H and O–H groups in total. The van der Waals surface area contributed by atoms with Gasteiger partial charge in [0.25, 0.3) is 5.91 Å². The lowest BCUT2D eigenvalue weighted by atomic mass is 10.1. The average molecular weight is 510 g/mol. The minimum atomic E-state index is -1.01. The molecule has 1 aliphatic rings. The van der Waals surface area contributed by atoms with Gasteiger partial charge in [-0.05, 0) is 31.9 Å². The van der Waals surface area contributed by atoms with Gasteiger partial charge in [-0.15, -0.1) is 0 Å². The van der Waals surface area contributed by atoms with Crippen LogP contribution in [0.3, 0.4) is 0 Å². The molecule has 0 saturated carbocycles. The van der Waals surface area contributed by atoms with Gasteiger partial charge in [-0.1, -0.05) is 60.7 Å². The average Bonchev–Trinajstić information content (AvgIpc) is 2.84. The summed E-state index contributed by atoms with van der Waals surface area (Å²) in [5.74, 6) is -0.605. The second-order valence-corrected chi connectivity index (χ2v) is 9.39.